The Kier molecular flexibility index (Phi) is 6.08. The zero-order valence-electron chi connectivity index (χ0n) is 19.9. The molecule has 0 radical (unpaired) electrons. The Bertz CT molecular complexity index is 1340. The molecule has 1 aromatic carbocycles. The van der Waals surface area contributed by atoms with Gasteiger partial charge in [0, 0.05) is 30.0 Å². The summed E-state index contributed by atoms with van der Waals surface area (Å²) in [5, 5.41) is 19.4. The molecule has 0 bridgehead atoms. The molecular formula is C25H28F3N7. The number of aryl methyl sites for hydroxylation is 1. The number of benzene rings is 1. The number of nitrogens with one attached hydrogen (secondary N) is 2. The third kappa shape index (κ3) is 4.31. The van der Waals surface area contributed by atoms with Crippen LogP contribution in [-0.4, -0.2) is 36.5 Å². The zero-order chi connectivity index (χ0) is 24.7. The van der Waals surface area contributed by atoms with E-state index in [9.17, 15) is 13.2 Å². The number of rotatable bonds is 7. The zero-order valence-corrected chi connectivity index (χ0v) is 19.9. The summed E-state index contributed by atoms with van der Waals surface area (Å²) < 4.78 is 43.2. The van der Waals surface area contributed by atoms with E-state index in [-0.39, 0.29) is 12.0 Å². The molecule has 1 aliphatic carbocycles. The maximum Gasteiger partial charge on any atom is 0.433 e. The first-order valence-corrected chi connectivity index (χ1v) is 11.9. The molecular weight excluding hydrogens is 455 g/mol. The summed E-state index contributed by atoms with van der Waals surface area (Å²) in [6.07, 6.45) is 0.540. The molecule has 184 valence electrons. The van der Waals surface area contributed by atoms with Gasteiger partial charge in [0.2, 0.25) is 0 Å². The summed E-state index contributed by atoms with van der Waals surface area (Å²) in [5.74, 6) is 1.42. The molecule has 10 heteroatoms. The molecule has 0 aliphatic heterocycles. The van der Waals surface area contributed by atoms with Crippen LogP contribution >= 0.6 is 0 Å². The quantitative estimate of drug-likeness (QED) is 0.369. The first-order chi connectivity index (χ1) is 16.8. The van der Waals surface area contributed by atoms with Crippen LogP contribution in [0.5, 0.6) is 0 Å². The van der Waals surface area contributed by atoms with E-state index in [0.29, 0.717) is 34.8 Å². The summed E-state index contributed by atoms with van der Waals surface area (Å²) in [7, 11) is 1.94. The Morgan fingerprint density at radius 2 is 2.03 bits per heavy atom. The lowest BCUT2D eigenvalue weighted by Crippen LogP contribution is -2.24. The van der Waals surface area contributed by atoms with Crippen molar-refractivity contribution in [3.63, 3.8) is 0 Å². The molecule has 3 aromatic heterocycles. The van der Waals surface area contributed by atoms with Crippen molar-refractivity contribution in [1.82, 2.24) is 35.3 Å². The number of aromatic amines is 1. The van der Waals surface area contributed by atoms with Gasteiger partial charge in [-0.1, -0.05) is 31.5 Å². The smallest absolute Gasteiger partial charge is 0.320 e. The largest absolute Gasteiger partial charge is 0.433 e. The fraction of sp³-hybridized carbons (Fsp3) is 0.440. The van der Waals surface area contributed by atoms with Crippen molar-refractivity contribution in [1.29, 1.82) is 0 Å². The fourth-order valence-corrected chi connectivity index (χ4v) is 4.98. The highest BCUT2D eigenvalue weighted by Gasteiger charge is 2.35. The molecule has 4 aromatic rings. The molecule has 2 N–H and O–H groups in total. The number of nitrogens with zero attached hydrogens (tertiary/aromatic N) is 5. The van der Waals surface area contributed by atoms with Crippen LogP contribution in [0.25, 0.3) is 22.2 Å². The maximum atomic E-state index is 13.8. The second kappa shape index (κ2) is 9.07. The van der Waals surface area contributed by atoms with Gasteiger partial charge in [-0.3, -0.25) is 5.10 Å². The fourth-order valence-electron chi connectivity index (χ4n) is 4.98. The Hall–Kier alpha value is -3.27. The van der Waals surface area contributed by atoms with Gasteiger partial charge >= 0.3 is 6.18 Å². The van der Waals surface area contributed by atoms with Crippen LogP contribution in [0.4, 0.5) is 13.2 Å². The molecule has 1 aliphatic rings. The third-order valence-corrected chi connectivity index (χ3v) is 6.96. The lowest BCUT2D eigenvalue weighted by atomic mass is 9.72. The SMILES string of the molecule is CCN[C@H](C)c1nc(C(F)(F)F)cc2c(-c3cccc([C@H](c4nncn4C)C4CCC4)c3)n[nH]c12. The minimum atomic E-state index is -4.56. The molecule has 0 amide bonds. The highest BCUT2D eigenvalue weighted by molar-refractivity contribution is 5.94. The van der Waals surface area contributed by atoms with Crippen LogP contribution in [-0.2, 0) is 13.2 Å². The molecule has 2 atom stereocenters. The number of fused-ring (bicyclic) bond motifs is 1. The van der Waals surface area contributed by atoms with Gasteiger partial charge in [0.05, 0.1) is 11.2 Å². The molecule has 35 heavy (non-hydrogen) atoms. The van der Waals surface area contributed by atoms with Crippen molar-refractivity contribution >= 4 is 10.9 Å². The number of alkyl halides is 3. The van der Waals surface area contributed by atoms with Gasteiger partial charge < -0.3 is 9.88 Å². The van der Waals surface area contributed by atoms with E-state index < -0.39 is 11.9 Å². The molecule has 0 unspecified atom stereocenters. The number of hydrogen-bond acceptors (Lipinski definition) is 5. The van der Waals surface area contributed by atoms with E-state index in [1.807, 2.05) is 36.7 Å². The second-order valence-electron chi connectivity index (χ2n) is 9.26. The van der Waals surface area contributed by atoms with Crippen LogP contribution in [0.2, 0.25) is 0 Å². The Balaban J connectivity index is 1.64. The Morgan fingerprint density at radius 1 is 1.23 bits per heavy atom. The average molecular weight is 484 g/mol. The Labute approximate surface area is 201 Å². The van der Waals surface area contributed by atoms with E-state index in [2.05, 4.69) is 36.8 Å². The first-order valence-electron chi connectivity index (χ1n) is 11.9. The van der Waals surface area contributed by atoms with Crippen molar-refractivity contribution < 1.29 is 13.2 Å². The predicted molar refractivity (Wildman–Crippen MR) is 127 cm³/mol. The van der Waals surface area contributed by atoms with E-state index in [0.717, 1.165) is 35.9 Å². The van der Waals surface area contributed by atoms with E-state index in [4.69, 9.17) is 0 Å². The number of aromatic nitrogens is 6. The number of H-pyrrole nitrogens is 1. The lowest BCUT2D eigenvalue weighted by molar-refractivity contribution is -0.141. The molecule has 1 saturated carbocycles. The maximum absolute atomic E-state index is 13.8. The van der Waals surface area contributed by atoms with Gasteiger partial charge in [-0.05, 0) is 49.9 Å². The van der Waals surface area contributed by atoms with Gasteiger partial charge in [0.25, 0.3) is 0 Å². The number of hydrogen-bond donors (Lipinski definition) is 2. The van der Waals surface area contributed by atoms with Gasteiger partial charge in [-0.15, -0.1) is 10.2 Å². The van der Waals surface area contributed by atoms with Crippen LogP contribution in [0.15, 0.2) is 36.7 Å². The monoisotopic (exact) mass is 483 g/mol. The average Bonchev–Trinajstić information content (AvgIpc) is 3.41. The minimum Gasteiger partial charge on any atom is -0.320 e. The molecule has 3 heterocycles. The summed E-state index contributed by atoms with van der Waals surface area (Å²) in [5.41, 5.74) is 2.18. The molecule has 0 spiro atoms. The first kappa shape index (κ1) is 23.5. The van der Waals surface area contributed by atoms with Crippen LogP contribution in [0, 0.1) is 5.92 Å². The highest BCUT2D eigenvalue weighted by Crippen LogP contribution is 2.43. The van der Waals surface area contributed by atoms with Gasteiger partial charge in [-0.25, -0.2) is 4.98 Å². The second-order valence-corrected chi connectivity index (χ2v) is 9.26. The number of halogens is 3. The molecule has 1 fully saturated rings. The van der Waals surface area contributed by atoms with E-state index in [1.165, 1.54) is 6.42 Å². The van der Waals surface area contributed by atoms with Gasteiger partial charge in [-0.2, -0.15) is 18.3 Å². The van der Waals surface area contributed by atoms with Crippen molar-refractivity contribution in [3.05, 3.63) is 59.4 Å². The summed E-state index contributed by atoms with van der Waals surface area (Å²) in [4.78, 5) is 3.95. The van der Waals surface area contributed by atoms with Crippen molar-refractivity contribution in [2.45, 2.75) is 51.2 Å². The summed E-state index contributed by atoms with van der Waals surface area (Å²) in [6, 6.07) is 8.61. The number of pyridine rings is 1. The normalized spacial score (nSPS) is 16.4. The van der Waals surface area contributed by atoms with Crippen molar-refractivity contribution in [2.24, 2.45) is 13.0 Å². The Morgan fingerprint density at radius 3 is 2.66 bits per heavy atom. The van der Waals surface area contributed by atoms with Crippen molar-refractivity contribution in [2.75, 3.05) is 6.54 Å². The van der Waals surface area contributed by atoms with Crippen LogP contribution in [0.3, 0.4) is 0 Å². The topological polar surface area (TPSA) is 84.3 Å². The highest BCUT2D eigenvalue weighted by atomic mass is 19.4. The third-order valence-electron chi connectivity index (χ3n) is 6.96. The van der Waals surface area contributed by atoms with Gasteiger partial charge in [0.1, 0.15) is 23.5 Å². The van der Waals surface area contributed by atoms with E-state index in [1.54, 1.807) is 13.3 Å². The summed E-state index contributed by atoms with van der Waals surface area (Å²) >= 11 is 0. The minimum absolute atomic E-state index is 0.0677. The van der Waals surface area contributed by atoms with Crippen LogP contribution < -0.4 is 5.32 Å². The van der Waals surface area contributed by atoms with Crippen LogP contribution in [0.1, 0.15) is 67.8 Å². The van der Waals surface area contributed by atoms with Gasteiger partial charge in [0.15, 0.2) is 0 Å². The molecule has 0 saturated heterocycles. The van der Waals surface area contributed by atoms with Crippen molar-refractivity contribution in [3.8, 4) is 11.3 Å². The molecule has 5 rings (SSSR count). The summed E-state index contributed by atoms with van der Waals surface area (Å²) in [6.45, 7) is 4.31. The lowest BCUT2D eigenvalue weighted by Gasteiger charge is -2.33. The molecule has 7 nitrogen and oxygen atoms in total. The van der Waals surface area contributed by atoms with E-state index >= 15 is 0 Å². The standard InChI is InChI=1S/C25H28F3N7/c1-4-29-14(2)21-23-18(12-19(31-21)25(26,27)28)22(32-33-23)17-10-6-9-16(11-17)20(15-7-5-8-15)24-34-30-13-35(24)3/h6,9-15,20,29H,4-5,7-8H2,1-3H3,(H,32,33)/t14-,20-/m1/s1. The predicted octanol–water partition coefficient (Wildman–Crippen LogP) is 5.37.